The maximum Gasteiger partial charge on any atom is 0.217 e. The highest BCUT2D eigenvalue weighted by Crippen LogP contribution is 2.27. The molecule has 0 amide bonds. The van der Waals surface area contributed by atoms with Crippen molar-refractivity contribution in [3.8, 4) is 0 Å². The molecule has 1 saturated heterocycles. The molecule has 6 nitrogen and oxygen atoms in total. The molecule has 1 aliphatic rings. The van der Waals surface area contributed by atoms with Gasteiger partial charge in [0.15, 0.2) is 0 Å². The Labute approximate surface area is 122 Å². The first-order chi connectivity index (χ1) is 9.07. The lowest BCUT2D eigenvalue weighted by molar-refractivity contribution is 0.231. The summed E-state index contributed by atoms with van der Waals surface area (Å²) in [4.78, 5) is 0. The van der Waals surface area contributed by atoms with Gasteiger partial charge in [0.1, 0.15) is 9.84 Å². The second kappa shape index (κ2) is 6.29. The number of sulfonamides is 1. The van der Waals surface area contributed by atoms with E-state index in [0.29, 0.717) is 13.0 Å². The number of nitrogens with zero attached hydrogens (tertiary/aromatic N) is 1. The third-order valence-electron chi connectivity index (χ3n) is 3.83. The molecule has 0 bridgehead atoms. The van der Waals surface area contributed by atoms with Crippen LogP contribution in [0.3, 0.4) is 0 Å². The van der Waals surface area contributed by atoms with E-state index < -0.39 is 30.6 Å². The predicted molar refractivity (Wildman–Crippen MR) is 80.7 cm³/mol. The molecular weight excluding hydrogens is 300 g/mol. The molecule has 0 aliphatic carbocycles. The molecule has 20 heavy (non-hydrogen) atoms. The maximum absolute atomic E-state index is 12.8. The molecule has 2 N–H and O–H groups in total. The summed E-state index contributed by atoms with van der Waals surface area (Å²) in [5.41, 5.74) is 5.06. The molecule has 1 rings (SSSR count). The minimum absolute atomic E-state index is 0.0418. The second-order valence-corrected chi connectivity index (χ2v) is 10.4. The van der Waals surface area contributed by atoms with Gasteiger partial charge in [-0.15, -0.1) is 0 Å². The maximum atomic E-state index is 12.8. The minimum atomic E-state index is -3.52. The van der Waals surface area contributed by atoms with Crippen LogP contribution < -0.4 is 5.73 Å². The van der Waals surface area contributed by atoms with E-state index in [0.717, 1.165) is 0 Å². The molecule has 0 radical (unpaired) electrons. The molecule has 0 spiro atoms. The summed E-state index contributed by atoms with van der Waals surface area (Å²) < 4.78 is 49.9. The summed E-state index contributed by atoms with van der Waals surface area (Å²) in [6.45, 7) is 6.17. The van der Waals surface area contributed by atoms with Crippen molar-refractivity contribution in [3.05, 3.63) is 0 Å². The van der Waals surface area contributed by atoms with Crippen LogP contribution in [0.4, 0.5) is 0 Å². The van der Waals surface area contributed by atoms with E-state index >= 15 is 0 Å². The van der Waals surface area contributed by atoms with Gasteiger partial charge in [0.05, 0.1) is 16.8 Å². The van der Waals surface area contributed by atoms with E-state index in [1.807, 2.05) is 6.92 Å². The van der Waals surface area contributed by atoms with E-state index in [2.05, 4.69) is 0 Å². The highest BCUT2D eigenvalue weighted by atomic mass is 32.2. The first kappa shape index (κ1) is 17.9. The predicted octanol–water partition coefficient (Wildman–Crippen LogP) is 0.343. The molecule has 0 saturated carbocycles. The average Bonchev–Trinajstić information content (AvgIpc) is 2.35. The Hall–Kier alpha value is -0.180. The van der Waals surface area contributed by atoms with Crippen LogP contribution in [0, 0.1) is 0 Å². The topological polar surface area (TPSA) is 97.5 Å². The molecule has 1 fully saturated rings. The van der Waals surface area contributed by atoms with E-state index in [1.165, 1.54) is 4.31 Å². The summed E-state index contributed by atoms with van der Waals surface area (Å²) >= 11 is 0. The molecule has 1 aliphatic heterocycles. The van der Waals surface area contributed by atoms with Gasteiger partial charge < -0.3 is 5.73 Å². The van der Waals surface area contributed by atoms with E-state index in [9.17, 15) is 16.8 Å². The largest absolute Gasteiger partial charge is 0.329 e. The summed E-state index contributed by atoms with van der Waals surface area (Å²) in [5, 5.41) is -0.608. The standard InChI is InChI=1S/C12H26N2O4S2/c1-4-7-14(12(2,3)10-13)20(17,18)11-5-8-19(15,16)9-6-11/h11H,4-10,13H2,1-3H3. The molecule has 0 atom stereocenters. The number of rotatable bonds is 6. The van der Waals surface area contributed by atoms with Gasteiger partial charge in [0.2, 0.25) is 10.0 Å². The Balaban J connectivity index is 3.00. The molecular formula is C12H26N2O4S2. The average molecular weight is 326 g/mol. The van der Waals surface area contributed by atoms with E-state index in [4.69, 9.17) is 5.73 Å². The van der Waals surface area contributed by atoms with Crippen molar-refractivity contribution in [1.29, 1.82) is 0 Å². The number of sulfone groups is 1. The Bertz CT molecular complexity index is 512. The molecule has 1 heterocycles. The van der Waals surface area contributed by atoms with Crippen molar-refractivity contribution < 1.29 is 16.8 Å². The molecule has 0 unspecified atom stereocenters. The van der Waals surface area contributed by atoms with Crippen molar-refractivity contribution in [1.82, 2.24) is 4.31 Å². The summed E-state index contributed by atoms with van der Waals surface area (Å²) in [7, 11) is -6.58. The molecule has 0 aromatic heterocycles. The van der Waals surface area contributed by atoms with Crippen LogP contribution in [0.1, 0.15) is 40.0 Å². The molecule has 120 valence electrons. The Morgan fingerprint density at radius 3 is 2.15 bits per heavy atom. The number of hydrogen-bond acceptors (Lipinski definition) is 5. The van der Waals surface area contributed by atoms with Crippen LogP contribution in [0.5, 0.6) is 0 Å². The van der Waals surface area contributed by atoms with Crippen LogP contribution in [0.15, 0.2) is 0 Å². The fourth-order valence-corrected chi connectivity index (χ4v) is 6.61. The lowest BCUT2D eigenvalue weighted by Gasteiger charge is -2.39. The van der Waals surface area contributed by atoms with Gasteiger partial charge in [-0.1, -0.05) is 6.92 Å². The van der Waals surface area contributed by atoms with Crippen LogP contribution in [-0.4, -0.2) is 56.5 Å². The van der Waals surface area contributed by atoms with Gasteiger partial charge in [0, 0.05) is 18.6 Å². The Morgan fingerprint density at radius 1 is 1.25 bits per heavy atom. The molecule has 0 aromatic carbocycles. The zero-order valence-corrected chi connectivity index (χ0v) is 14.1. The fraction of sp³-hybridized carbons (Fsp3) is 1.00. The van der Waals surface area contributed by atoms with Crippen molar-refractivity contribution in [2.45, 2.75) is 50.8 Å². The highest BCUT2D eigenvalue weighted by Gasteiger charge is 2.41. The van der Waals surface area contributed by atoms with Gasteiger partial charge in [-0.25, -0.2) is 16.8 Å². The monoisotopic (exact) mass is 326 g/mol. The van der Waals surface area contributed by atoms with Crippen molar-refractivity contribution >= 4 is 19.9 Å². The minimum Gasteiger partial charge on any atom is -0.329 e. The first-order valence-corrected chi connectivity index (χ1v) is 10.3. The van der Waals surface area contributed by atoms with Crippen LogP contribution in [0.25, 0.3) is 0 Å². The van der Waals surface area contributed by atoms with Crippen molar-refractivity contribution in [2.75, 3.05) is 24.6 Å². The SMILES string of the molecule is CCCN(C(C)(C)CN)S(=O)(=O)C1CCS(=O)(=O)CC1. The first-order valence-electron chi connectivity index (χ1n) is 6.99. The van der Waals surface area contributed by atoms with Gasteiger partial charge >= 0.3 is 0 Å². The third-order valence-corrected chi connectivity index (χ3v) is 8.15. The lowest BCUT2D eigenvalue weighted by Crippen LogP contribution is -2.55. The zero-order chi connectivity index (χ0) is 15.6. The quantitative estimate of drug-likeness (QED) is 0.759. The highest BCUT2D eigenvalue weighted by molar-refractivity contribution is 7.92. The Morgan fingerprint density at radius 2 is 1.75 bits per heavy atom. The summed E-state index contributed by atoms with van der Waals surface area (Å²) in [6, 6.07) is 0. The summed E-state index contributed by atoms with van der Waals surface area (Å²) in [6.07, 6.45) is 1.07. The normalized spacial score (nSPS) is 21.2. The lowest BCUT2D eigenvalue weighted by atomic mass is 10.1. The number of nitrogens with two attached hydrogens (primary N) is 1. The van der Waals surface area contributed by atoms with Crippen molar-refractivity contribution in [3.63, 3.8) is 0 Å². The van der Waals surface area contributed by atoms with Crippen LogP contribution in [-0.2, 0) is 19.9 Å². The fourth-order valence-electron chi connectivity index (χ4n) is 2.43. The Kier molecular flexibility index (Phi) is 5.62. The second-order valence-electron chi connectivity index (χ2n) is 5.98. The summed E-state index contributed by atoms with van der Waals surface area (Å²) in [5.74, 6) is -0.0835. The van der Waals surface area contributed by atoms with E-state index in [-0.39, 0.29) is 30.9 Å². The smallest absolute Gasteiger partial charge is 0.217 e. The van der Waals surface area contributed by atoms with Crippen LogP contribution >= 0.6 is 0 Å². The van der Waals surface area contributed by atoms with Crippen LogP contribution in [0.2, 0.25) is 0 Å². The van der Waals surface area contributed by atoms with Crippen molar-refractivity contribution in [2.24, 2.45) is 5.73 Å². The third kappa shape index (κ3) is 3.93. The van der Waals surface area contributed by atoms with Gasteiger partial charge in [-0.2, -0.15) is 4.31 Å². The molecule has 8 heteroatoms. The van der Waals surface area contributed by atoms with Gasteiger partial charge in [-0.3, -0.25) is 0 Å². The molecule has 0 aromatic rings. The van der Waals surface area contributed by atoms with Gasteiger partial charge in [-0.05, 0) is 33.1 Å². The zero-order valence-electron chi connectivity index (χ0n) is 12.5. The van der Waals surface area contributed by atoms with E-state index in [1.54, 1.807) is 13.8 Å². The number of hydrogen-bond donors (Lipinski definition) is 1. The van der Waals surface area contributed by atoms with Gasteiger partial charge in [0.25, 0.3) is 0 Å².